The van der Waals surface area contributed by atoms with Crippen LogP contribution in [0, 0.1) is 11.7 Å². The van der Waals surface area contributed by atoms with Gasteiger partial charge in [0.1, 0.15) is 11.6 Å². The minimum absolute atomic E-state index is 0.253. The van der Waals surface area contributed by atoms with Gasteiger partial charge in [0.05, 0.1) is 37.7 Å². The summed E-state index contributed by atoms with van der Waals surface area (Å²) in [4.78, 5) is 15.5. The number of hydrogen-bond acceptors (Lipinski definition) is 5. The first-order chi connectivity index (χ1) is 14.1. The van der Waals surface area contributed by atoms with E-state index in [0.717, 1.165) is 17.7 Å². The maximum absolute atomic E-state index is 13.7. The molecule has 29 heavy (non-hydrogen) atoms. The van der Waals surface area contributed by atoms with Crippen LogP contribution in [0.15, 0.2) is 35.7 Å². The lowest BCUT2D eigenvalue weighted by Crippen LogP contribution is -2.50. The molecule has 1 aromatic heterocycles. The fraction of sp³-hybridized carbons (Fsp3) is 0.476. The number of urea groups is 1. The summed E-state index contributed by atoms with van der Waals surface area (Å²) in [6, 6.07) is 7.34. The molecule has 1 aromatic carbocycles. The van der Waals surface area contributed by atoms with E-state index in [1.54, 1.807) is 4.90 Å². The molecule has 0 bridgehead atoms. The van der Waals surface area contributed by atoms with Gasteiger partial charge in [-0.05, 0) is 42.3 Å². The number of aliphatic hydroxyl groups is 1. The maximum Gasteiger partial charge on any atom is 0.322 e. The lowest BCUT2D eigenvalue weighted by molar-refractivity contribution is -0.00383. The van der Waals surface area contributed by atoms with Crippen LogP contribution < -0.4 is 10.1 Å². The molecule has 156 valence electrons. The highest BCUT2D eigenvalue weighted by atomic mass is 32.1. The number of carbonyl (C=O) groups excluding carboxylic acids is 1. The molecule has 1 aliphatic carbocycles. The molecule has 2 aliphatic rings. The Morgan fingerprint density at radius 1 is 1.41 bits per heavy atom. The second kappa shape index (κ2) is 9.11. The molecule has 4 rings (SSSR count). The molecule has 2 fully saturated rings. The van der Waals surface area contributed by atoms with Gasteiger partial charge in [0.15, 0.2) is 0 Å². The summed E-state index contributed by atoms with van der Waals surface area (Å²) >= 11 is 1.49. The lowest BCUT2D eigenvalue weighted by atomic mass is 10.1. The number of morpholine rings is 1. The van der Waals surface area contributed by atoms with E-state index in [1.165, 1.54) is 29.5 Å². The summed E-state index contributed by atoms with van der Waals surface area (Å²) in [5.41, 5.74) is 0.445. The molecule has 2 amide bonds. The Hall–Kier alpha value is -2.16. The van der Waals surface area contributed by atoms with Crippen molar-refractivity contribution in [2.75, 3.05) is 31.7 Å². The van der Waals surface area contributed by atoms with Crippen molar-refractivity contribution in [1.29, 1.82) is 0 Å². The summed E-state index contributed by atoms with van der Waals surface area (Å²) in [7, 11) is 0. The Morgan fingerprint density at radius 2 is 2.28 bits per heavy atom. The van der Waals surface area contributed by atoms with Crippen molar-refractivity contribution in [2.45, 2.75) is 31.4 Å². The highest BCUT2D eigenvalue weighted by molar-refractivity contribution is 7.10. The molecule has 8 heteroatoms. The van der Waals surface area contributed by atoms with Crippen LogP contribution in [0.3, 0.4) is 0 Å². The first-order valence-electron chi connectivity index (χ1n) is 9.89. The number of ether oxygens (including phenoxy) is 2. The zero-order chi connectivity index (χ0) is 20.2. The number of aliphatic hydroxyl groups excluding tert-OH is 1. The van der Waals surface area contributed by atoms with Gasteiger partial charge in [-0.1, -0.05) is 6.07 Å². The average Bonchev–Trinajstić information content (AvgIpc) is 3.38. The van der Waals surface area contributed by atoms with Gasteiger partial charge in [0.25, 0.3) is 0 Å². The Bertz CT molecular complexity index is 828. The number of hydrogen-bond donors (Lipinski definition) is 2. The van der Waals surface area contributed by atoms with E-state index in [-0.39, 0.29) is 12.1 Å². The standard InChI is InChI=1S/C21H25FN2O4S/c22-15-5-6-17(19(10-15)28-12-14-3-4-14)23-21(26)24-7-8-27-13-16(24)11-18(25)20-2-1-9-29-20/h1-2,5-6,9-10,14,16,18,25H,3-4,7-8,11-13H2,(H,23,26)/t16-,18-/m1/s1. The predicted molar refractivity (Wildman–Crippen MR) is 109 cm³/mol. The Kier molecular flexibility index (Phi) is 6.32. The molecular weight excluding hydrogens is 395 g/mol. The zero-order valence-electron chi connectivity index (χ0n) is 16.1. The van der Waals surface area contributed by atoms with Gasteiger partial charge in [-0.25, -0.2) is 9.18 Å². The van der Waals surface area contributed by atoms with Gasteiger partial charge in [0.2, 0.25) is 0 Å². The highest BCUT2D eigenvalue weighted by Crippen LogP contribution is 2.33. The largest absolute Gasteiger partial charge is 0.491 e. The predicted octanol–water partition coefficient (Wildman–Crippen LogP) is 4.03. The first kappa shape index (κ1) is 20.1. The van der Waals surface area contributed by atoms with Crippen molar-refractivity contribution in [1.82, 2.24) is 4.90 Å². The zero-order valence-corrected chi connectivity index (χ0v) is 16.9. The van der Waals surface area contributed by atoms with E-state index >= 15 is 0 Å². The van der Waals surface area contributed by atoms with E-state index in [9.17, 15) is 14.3 Å². The van der Waals surface area contributed by atoms with Crippen molar-refractivity contribution in [3.63, 3.8) is 0 Å². The van der Waals surface area contributed by atoms with Crippen LogP contribution in [-0.2, 0) is 4.74 Å². The van der Waals surface area contributed by atoms with Gasteiger partial charge in [0, 0.05) is 23.9 Å². The van der Waals surface area contributed by atoms with Gasteiger partial charge in [-0.2, -0.15) is 0 Å². The molecule has 2 atom stereocenters. The summed E-state index contributed by atoms with van der Waals surface area (Å²) in [6.07, 6.45) is 1.99. The Balaban J connectivity index is 1.43. The molecule has 2 heterocycles. The molecule has 2 aromatic rings. The molecule has 1 aliphatic heterocycles. The molecular formula is C21H25FN2O4S. The first-order valence-corrected chi connectivity index (χ1v) is 10.8. The second-order valence-corrected chi connectivity index (χ2v) is 8.49. The van der Waals surface area contributed by atoms with Crippen molar-refractivity contribution in [3.8, 4) is 5.75 Å². The lowest BCUT2D eigenvalue weighted by Gasteiger charge is -2.36. The van der Waals surface area contributed by atoms with Gasteiger partial charge in [-0.15, -0.1) is 11.3 Å². The number of nitrogens with one attached hydrogen (secondary N) is 1. The maximum atomic E-state index is 13.7. The molecule has 0 radical (unpaired) electrons. The fourth-order valence-electron chi connectivity index (χ4n) is 3.37. The number of carbonyl (C=O) groups is 1. The van der Waals surface area contributed by atoms with Crippen LogP contribution in [0.1, 0.15) is 30.2 Å². The number of amides is 2. The van der Waals surface area contributed by atoms with Crippen molar-refractivity contribution < 1.29 is 23.8 Å². The van der Waals surface area contributed by atoms with Crippen LogP contribution in [0.2, 0.25) is 0 Å². The average molecular weight is 421 g/mol. The number of nitrogens with zero attached hydrogens (tertiary/aromatic N) is 1. The third-order valence-electron chi connectivity index (χ3n) is 5.21. The van der Waals surface area contributed by atoms with Crippen molar-refractivity contribution in [2.24, 2.45) is 5.92 Å². The van der Waals surface area contributed by atoms with Gasteiger partial charge >= 0.3 is 6.03 Å². The Morgan fingerprint density at radius 3 is 3.03 bits per heavy atom. The minimum Gasteiger partial charge on any atom is -0.491 e. The monoisotopic (exact) mass is 420 g/mol. The molecule has 6 nitrogen and oxygen atoms in total. The van der Waals surface area contributed by atoms with Crippen LogP contribution >= 0.6 is 11.3 Å². The molecule has 0 unspecified atom stereocenters. The second-order valence-electron chi connectivity index (χ2n) is 7.51. The number of halogens is 1. The highest BCUT2D eigenvalue weighted by Gasteiger charge is 2.30. The van der Waals surface area contributed by atoms with Crippen LogP contribution in [-0.4, -0.2) is 48.4 Å². The van der Waals surface area contributed by atoms with Gasteiger partial charge < -0.3 is 24.8 Å². The molecule has 2 N–H and O–H groups in total. The van der Waals surface area contributed by atoms with Crippen LogP contribution in [0.5, 0.6) is 5.75 Å². The summed E-state index contributed by atoms with van der Waals surface area (Å²) < 4.78 is 24.9. The Labute approximate surface area is 173 Å². The van der Waals surface area contributed by atoms with E-state index in [0.29, 0.717) is 50.1 Å². The number of anilines is 1. The SMILES string of the molecule is O=C(Nc1ccc(F)cc1OCC1CC1)N1CCOC[C@H]1C[C@@H](O)c1cccs1. The number of benzene rings is 1. The quantitative estimate of drug-likeness (QED) is 0.709. The van der Waals surface area contributed by atoms with Crippen molar-refractivity contribution in [3.05, 3.63) is 46.4 Å². The third-order valence-corrected chi connectivity index (χ3v) is 6.19. The summed E-state index contributed by atoms with van der Waals surface area (Å²) in [5.74, 6) is 0.454. The normalized spacial score (nSPS) is 20.3. The molecule has 1 saturated heterocycles. The van der Waals surface area contributed by atoms with Crippen LogP contribution in [0.4, 0.5) is 14.9 Å². The van der Waals surface area contributed by atoms with E-state index in [4.69, 9.17) is 9.47 Å². The van der Waals surface area contributed by atoms with E-state index < -0.39 is 11.9 Å². The summed E-state index contributed by atoms with van der Waals surface area (Å²) in [6.45, 7) is 1.75. The number of thiophene rings is 1. The third kappa shape index (κ3) is 5.26. The van der Waals surface area contributed by atoms with Gasteiger partial charge in [-0.3, -0.25) is 0 Å². The van der Waals surface area contributed by atoms with Crippen LogP contribution in [0.25, 0.3) is 0 Å². The minimum atomic E-state index is -0.653. The smallest absolute Gasteiger partial charge is 0.322 e. The molecule has 0 spiro atoms. The topological polar surface area (TPSA) is 71.0 Å². The summed E-state index contributed by atoms with van der Waals surface area (Å²) in [5, 5.41) is 15.3. The van der Waals surface area contributed by atoms with Crippen molar-refractivity contribution >= 4 is 23.1 Å². The van der Waals surface area contributed by atoms with E-state index in [2.05, 4.69) is 5.32 Å². The fourth-order valence-corrected chi connectivity index (χ4v) is 4.09. The van der Waals surface area contributed by atoms with E-state index in [1.807, 2.05) is 17.5 Å². The molecule has 1 saturated carbocycles. The number of rotatable bonds is 7.